The summed E-state index contributed by atoms with van der Waals surface area (Å²) in [5, 5.41) is 6.56. The summed E-state index contributed by atoms with van der Waals surface area (Å²) >= 11 is 0. The fourth-order valence-electron chi connectivity index (χ4n) is 1.92. The maximum absolute atomic E-state index is 12.3. The van der Waals surface area contributed by atoms with E-state index >= 15 is 0 Å². The van der Waals surface area contributed by atoms with Gasteiger partial charge in [-0.1, -0.05) is 11.8 Å². The Morgan fingerprint density at radius 1 is 1.29 bits per heavy atom. The van der Waals surface area contributed by atoms with Crippen LogP contribution in [0.4, 0.5) is 5.69 Å². The first kappa shape index (κ1) is 15.1. The fourth-order valence-corrected chi connectivity index (χ4v) is 3.35. The van der Waals surface area contributed by atoms with Crippen molar-refractivity contribution in [1.29, 1.82) is 0 Å². The van der Waals surface area contributed by atoms with Gasteiger partial charge in [-0.15, -0.1) is 0 Å². The SMILES string of the molecule is Cc1n[nH]c(C)c1S(=O)(=O)Nc1ccc(C#CCN)cc1. The number of anilines is 1. The lowest BCUT2D eigenvalue weighted by Crippen LogP contribution is -2.14. The molecular weight excluding hydrogens is 288 g/mol. The zero-order valence-corrected chi connectivity index (χ0v) is 12.6. The molecule has 1 heterocycles. The van der Waals surface area contributed by atoms with Crippen LogP contribution in [-0.2, 0) is 10.0 Å². The molecule has 0 saturated heterocycles. The van der Waals surface area contributed by atoms with Gasteiger partial charge in [-0.05, 0) is 38.1 Å². The summed E-state index contributed by atoms with van der Waals surface area (Å²) in [6.45, 7) is 3.59. The van der Waals surface area contributed by atoms with Crippen molar-refractivity contribution in [2.75, 3.05) is 11.3 Å². The van der Waals surface area contributed by atoms with E-state index < -0.39 is 10.0 Å². The van der Waals surface area contributed by atoms with Crippen molar-refractivity contribution in [3.05, 3.63) is 41.2 Å². The maximum atomic E-state index is 12.3. The van der Waals surface area contributed by atoms with Gasteiger partial charge in [0.05, 0.1) is 17.9 Å². The second-order valence-electron chi connectivity index (χ2n) is 4.45. The Bertz CT molecular complexity index is 776. The third kappa shape index (κ3) is 3.42. The Labute approximate surface area is 123 Å². The highest BCUT2D eigenvalue weighted by atomic mass is 32.2. The van der Waals surface area contributed by atoms with E-state index in [1.165, 1.54) is 0 Å². The Kier molecular flexibility index (Phi) is 4.31. The topological polar surface area (TPSA) is 101 Å². The lowest BCUT2D eigenvalue weighted by atomic mass is 10.2. The first-order valence-corrected chi connectivity index (χ1v) is 7.76. The van der Waals surface area contributed by atoms with Crippen LogP contribution in [0.3, 0.4) is 0 Å². The minimum absolute atomic E-state index is 0.175. The number of hydrogen-bond acceptors (Lipinski definition) is 4. The third-order valence-electron chi connectivity index (χ3n) is 2.80. The van der Waals surface area contributed by atoms with E-state index in [-0.39, 0.29) is 11.4 Å². The van der Waals surface area contributed by atoms with E-state index in [4.69, 9.17) is 5.73 Å². The van der Waals surface area contributed by atoms with Crippen LogP contribution < -0.4 is 10.5 Å². The molecule has 0 radical (unpaired) electrons. The van der Waals surface area contributed by atoms with E-state index in [2.05, 4.69) is 26.8 Å². The summed E-state index contributed by atoms with van der Waals surface area (Å²) in [7, 11) is -3.66. The number of rotatable bonds is 3. The van der Waals surface area contributed by atoms with Crippen LogP contribution >= 0.6 is 0 Å². The number of nitrogens with zero attached hydrogens (tertiary/aromatic N) is 1. The van der Waals surface area contributed by atoms with Crippen LogP contribution in [0.2, 0.25) is 0 Å². The van der Waals surface area contributed by atoms with Crippen LogP contribution in [0.25, 0.3) is 0 Å². The van der Waals surface area contributed by atoms with E-state index in [0.29, 0.717) is 17.1 Å². The number of aromatic amines is 1. The molecule has 1 aromatic heterocycles. The van der Waals surface area contributed by atoms with Crippen molar-refractivity contribution < 1.29 is 8.42 Å². The number of H-pyrrole nitrogens is 1. The molecule has 0 saturated carbocycles. The second-order valence-corrected chi connectivity index (χ2v) is 6.07. The standard InChI is InChI=1S/C14H16N4O2S/c1-10-14(11(2)17-16-10)21(19,20)18-13-7-5-12(6-8-13)4-3-9-15/h5-8,18H,9,15H2,1-2H3,(H,16,17). The number of benzene rings is 1. The van der Waals surface area contributed by atoms with Crippen molar-refractivity contribution in [2.24, 2.45) is 5.73 Å². The molecule has 0 fully saturated rings. The number of hydrogen-bond donors (Lipinski definition) is 3. The van der Waals surface area contributed by atoms with Gasteiger partial charge in [0.25, 0.3) is 10.0 Å². The molecule has 0 bridgehead atoms. The maximum Gasteiger partial charge on any atom is 0.265 e. The Balaban J connectivity index is 2.25. The van der Waals surface area contributed by atoms with Crippen LogP contribution in [0.15, 0.2) is 29.2 Å². The van der Waals surface area contributed by atoms with Crippen molar-refractivity contribution in [1.82, 2.24) is 10.2 Å². The zero-order valence-electron chi connectivity index (χ0n) is 11.8. The van der Waals surface area contributed by atoms with Crippen molar-refractivity contribution in [3.63, 3.8) is 0 Å². The molecule has 0 unspecified atom stereocenters. The van der Waals surface area contributed by atoms with Crippen molar-refractivity contribution >= 4 is 15.7 Å². The quantitative estimate of drug-likeness (QED) is 0.740. The van der Waals surface area contributed by atoms with E-state index in [1.54, 1.807) is 38.1 Å². The first-order chi connectivity index (χ1) is 9.94. The fraction of sp³-hybridized carbons (Fsp3) is 0.214. The molecule has 0 spiro atoms. The zero-order chi connectivity index (χ0) is 15.5. The minimum Gasteiger partial charge on any atom is -0.320 e. The third-order valence-corrected chi connectivity index (χ3v) is 4.44. The Morgan fingerprint density at radius 2 is 1.95 bits per heavy atom. The molecule has 6 nitrogen and oxygen atoms in total. The van der Waals surface area contributed by atoms with Gasteiger partial charge >= 0.3 is 0 Å². The Hall–Kier alpha value is -2.30. The summed E-state index contributed by atoms with van der Waals surface area (Å²) < 4.78 is 27.2. The molecule has 4 N–H and O–H groups in total. The number of sulfonamides is 1. The molecule has 110 valence electrons. The molecule has 7 heteroatoms. The number of aromatic nitrogens is 2. The molecule has 0 aliphatic rings. The summed E-state index contributed by atoms with van der Waals surface area (Å²) in [4.78, 5) is 0.175. The van der Waals surface area contributed by atoms with Crippen LogP contribution in [-0.4, -0.2) is 25.2 Å². The van der Waals surface area contributed by atoms with Gasteiger partial charge in [0.2, 0.25) is 0 Å². The molecule has 1 aromatic carbocycles. The van der Waals surface area contributed by atoms with Crippen LogP contribution in [0.1, 0.15) is 17.0 Å². The van der Waals surface area contributed by atoms with Gasteiger partial charge in [0, 0.05) is 11.3 Å². The van der Waals surface area contributed by atoms with E-state index in [1.807, 2.05) is 0 Å². The molecular formula is C14H16N4O2S. The first-order valence-electron chi connectivity index (χ1n) is 6.27. The predicted octanol–water partition coefficient (Wildman–Crippen LogP) is 1.14. The second kappa shape index (κ2) is 5.99. The number of nitrogens with two attached hydrogens (primary N) is 1. The highest BCUT2D eigenvalue weighted by Gasteiger charge is 2.22. The number of nitrogens with one attached hydrogen (secondary N) is 2. The van der Waals surface area contributed by atoms with Gasteiger partial charge in [0.15, 0.2) is 0 Å². The normalized spacial score (nSPS) is 10.8. The molecule has 2 rings (SSSR count). The van der Waals surface area contributed by atoms with Crippen molar-refractivity contribution in [2.45, 2.75) is 18.7 Å². The molecule has 0 amide bonds. The Morgan fingerprint density at radius 3 is 2.48 bits per heavy atom. The molecule has 0 atom stereocenters. The predicted molar refractivity (Wildman–Crippen MR) is 81.2 cm³/mol. The largest absolute Gasteiger partial charge is 0.320 e. The smallest absolute Gasteiger partial charge is 0.265 e. The van der Waals surface area contributed by atoms with Gasteiger partial charge in [0.1, 0.15) is 4.90 Å². The average molecular weight is 304 g/mol. The minimum atomic E-state index is -3.66. The van der Waals surface area contributed by atoms with Gasteiger partial charge < -0.3 is 5.73 Å². The summed E-state index contributed by atoms with van der Waals surface area (Å²) in [6.07, 6.45) is 0. The van der Waals surface area contributed by atoms with Crippen LogP contribution in [0.5, 0.6) is 0 Å². The van der Waals surface area contributed by atoms with Crippen molar-refractivity contribution in [3.8, 4) is 11.8 Å². The molecule has 2 aromatic rings. The lowest BCUT2D eigenvalue weighted by Gasteiger charge is -2.08. The highest BCUT2D eigenvalue weighted by molar-refractivity contribution is 7.92. The lowest BCUT2D eigenvalue weighted by molar-refractivity contribution is 0.600. The summed E-state index contributed by atoms with van der Waals surface area (Å²) in [5.41, 5.74) is 7.48. The monoisotopic (exact) mass is 304 g/mol. The van der Waals surface area contributed by atoms with Crippen LogP contribution in [0, 0.1) is 25.7 Å². The van der Waals surface area contributed by atoms with E-state index in [9.17, 15) is 8.42 Å². The molecule has 0 aliphatic carbocycles. The summed E-state index contributed by atoms with van der Waals surface area (Å²) in [5.74, 6) is 5.61. The average Bonchev–Trinajstić information content (AvgIpc) is 2.77. The van der Waals surface area contributed by atoms with Gasteiger partial charge in [-0.2, -0.15) is 5.10 Å². The summed E-state index contributed by atoms with van der Waals surface area (Å²) in [6, 6.07) is 6.77. The van der Waals surface area contributed by atoms with Gasteiger partial charge in [-0.25, -0.2) is 8.42 Å². The molecule has 21 heavy (non-hydrogen) atoms. The van der Waals surface area contributed by atoms with Gasteiger partial charge in [-0.3, -0.25) is 9.82 Å². The molecule has 0 aliphatic heterocycles. The highest BCUT2D eigenvalue weighted by Crippen LogP contribution is 2.20. The van der Waals surface area contributed by atoms with E-state index in [0.717, 1.165) is 5.56 Å². The number of aryl methyl sites for hydroxylation is 2.